The normalized spacial score (nSPS) is 24.7. The monoisotopic (exact) mass is 260 g/mol. The molecule has 3 nitrogen and oxygen atoms in total. The van der Waals surface area contributed by atoms with E-state index in [1.807, 2.05) is 37.3 Å². The standard InChI is InChI=1S/C16H24N2O/c1-13(14-7-4-3-5-8-14)15(19)18-12-16(2)9-6-10-17-11-16/h3-5,7-8,13,17H,6,9-12H2,1-2H3,(H,18,19). The summed E-state index contributed by atoms with van der Waals surface area (Å²) in [6.07, 6.45) is 2.38. The largest absolute Gasteiger partial charge is 0.355 e. The van der Waals surface area contributed by atoms with Crippen LogP contribution in [0.15, 0.2) is 30.3 Å². The Kier molecular flexibility index (Phi) is 4.59. The molecular weight excluding hydrogens is 236 g/mol. The highest BCUT2D eigenvalue weighted by atomic mass is 16.1. The van der Waals surface area contributed by atoms with Gasteiger partial charge in [-0.15, -0.1) is 0 Å². The number of carbonyl (C=O) groups is 1. The average Bonchev–Trinajstić information content (AvgIpc) is 2.46. The Morgan fingerprint density at radius 3 is 2.79 bits per heavy atom. The van der Waals surface area contributed by atoms with Crippen LogP contribution in [0.25, 0.3) is 0 Å². The summed E-state index contributed by atoms with van der Waals surface area (Å²) in [5.41, 5.74) is 1.27. The first-order valence-electron chi connectivity index (χ1n) is 7.14. The van der Waals surface area contributed by atoms with Crippen LogP contribution in [0.4, 0.5) is 0 Å². The fourth-order valence-electron chi connectivity index (χ4n) is 2.62. The van der Waals surface area contributed by atoms with E-state index in [4.69, 9.17) is 0 Å². The summed E-state index contributed by atoms with van der Waals surface area (Å²) in [5.74, 6) is 0.0411. The van der Waals surface area contributed by atoms with Crippen LogP contribution < -0.4 is 10.6 Å². The number of nitrogens with one attached hydrogen (secondary N) is 2. The maximum Gasteiger partial charge on any atom is 0.227 e. The molecule has 0 saturated carbocycles. The van der Waals surface area contributed by atoms with Gasteiger partial charge in [-0.3, -0.25) is 4.79 Å². The zero-order valence-electron chi connectivity index (χ0n) is 11.9. The van der Waals surface area contributed by atoms with Crippen molar-refractivity contribution >= 4 is 5.91 Å². The predicted octanol–water partition coefficient (Wildman–Crippen LogP) is 2.30. The molecule has 0 bridgehead atoms. The third-order valence-corrected chi connectivity index (χ3v) is 4.07. The minimum absolute atomic E-state index is 0.0821. The zero-order valence-corrected chi connectivity index (χ0v) is 11.9. The summed E-state index contributed by atoms with van der Waals surface area (Å²) in [6, 6.07) is 9.95. The number of hydrogen-bond donors (Lipinski definition) is 2. The molecule has 0 aliphatic carbocycles. The Morgan fingerprint density at radius 2 is 2.16 bits per heavy atom. The first-order chi connectivity index (χ1) is 9.11. The Balaban J connectivity index is 1.87. The maximum atomic E-state index is 12.2. The van der Waals surface area contributed by atoms with Crippen LogP contribution in [0.1, 0.15) is 38.2 Å². The second-order valence-electron chi connectivity index (χ2n) is 5.94. The topological polar surface area (TPSA) is 41.1 Å². The van der Waals surface area contributed by atoms with Gasteiger partial charge in [0.05, 0.1) is 5.92 Å². The smallest absolute Gasteiger partial charge is 0.227 e. The molecule has 1 amide bonds. The van der Waals surface area contributed by atoms with E-state index in [1.54, 1.807) is 0 Å². The van der Waals surface area contributed by atoms with Crippen molar-refractivity contribution < 1.29 is 4.79 Å². The number of piperidine rings is 1. The zero-order chi connectivity index (χ0) is 13.7. The van der Waals surface area contributed by atoms with Gasteiger partial charge in [-0.05, 0) is 37.3 Å². The predicted molar refractivity (Wildman–Crippen MR) is 78.1 cm³/mol. The average molecular weight is 260 g/mol. The van der Waals surface area contributed by atoms with Crippen molar-refractivity contribution in [3.63, 3.8) is 0 Å². The Labute approximate surface area is 115 Å². The molecule has 1 fully saturated rings. The number of carbonyl (C=O) groups excluding carboxylic acids is 1. The quantitative estimate of drug-likeness (QED) is 0.872. The highest BCUT2D eigenvalue weighted by Crippen LogP contribution is 2.24. The number of benzene rings is 1. The molecule has 1 aromatic carbocycles. The minimum atomic E-state index is -0.0821. The Bertz CT molecular complexity index is 410. The number of hydrogen-bond acceptors (Lipinski definition) is 2. The summed E-state index contributed by atoms with van der Waals surface area (Å²) >= 11 is 0. The van der Waals surface area contributed by atoms with E-state index in [0.29, 0.717) is 0 Å². The summed E-state index contributed by atoms with van der Waals surface area (Å²) in [6.45, 7) is 7.06. The molecule has 0 radical (unpaired) electrons. The molecule has 19 heavy (non-hydrogen) atoms. The fourth-order valence-corrected chi connectivity index (χ4v) is 2.62. The van der Waals surface area contributed by atoms with Gasteiger partial charge in [-0.2, -0.15) is 0 Å². The molecule has 1 aromatic rings. The summed E-state index contributed by atoms with van der Waals surface area (Å²) < 4.78 is 0. The van der Waals surface area contributed by atoms with Gasteiger partial charge < -0.3 is 10.6 Å². The molecule has 3 heteroatoms. The molecular formula is C16H24N2O. The van der Waals surface area contributed by atoms with Gasteiger partial charge >= 0.3 is 0 Å². The number of rotatable bonds is 4. The molecule has 1 aliphatic heterocycles. The van der Waals surface area contributed by atoms with Crippen LogP contribution in [0, 0.1) is 5.41 Å². The summed E-state index contributed by atoms with van der Waals surface area (Å²) in [4.78, 5) is 12.2. The van der Waals surface area contributed by atoms with Crippen LogP contribution in [0.5, 0.6) is 0 Å². The van der Waals surface area contributed by atoms with Crippen molar-refractivity contribution in [3.8, 4) is 0 Å². The van der Waals surface area contributed by atoms with Crippen LogP contribution in [0.3, 0.4) is 0 Å². The molecule has 2 unspecified atom stereocenters. The van der Waals surface area contributed by atoms with E-state index in [2.05, 4.69) is 17.6 Å². The maximum absolute atomic E-state index is 12.2. The number of amides is 1. The van der Waals surface area contributed by atoms with E-state index >= 15 is 0 Å². The second-order valence-corrected chi connectivity index (χ2v) is 5.94. The molecule has 1 aliphatic rings. The van der Waals surface area contributed by atoms with E-state index < -0.39 is 0 Å². The molecule has 0 aromatic heterocycles. The highest BCUT2D eigenvalue weighted by Gasteiger charge is 2.27. The molecule has 0 spiro atoms. The van der Waals surface area contributed by atoms with Crippen molar-refractivity contribution in [3.05, 3.63) is 35.9 Å². The molecule has 1 heterocycles. The first kappa shape index (κ1) is 14.1. The van der Waals surface area contributed by atoms with Gasteiger partial charge in [0.15, 0.2) is 0 Å². The van der Waals surface area contributed by atoms with Gasteiger partial charge in [0.2, 0.25) is 5.91 Å². The Hall–Kier alpha value is -1.35. The van der Waals surface area contributed by atoms with Crippen LogP contribution >= 0.6 is 0 Å². The molecule has 2 rings (SSSR count). The lowest BCUT2D eigenvalue weighted by Gasteiger charge is -2.34. The SMILES string of the molecule is CC(C(=O)NCC1(C)CCCNC1)c1ccccc1. The third kappa shape index (κ3) is 3.80. The molecule has 2 atom stereocenters. The van der Waals surface area contributed by atoms with Crippen LogP contribution in [-0.4, -0.2) is 25.5 Å². The Morgan fingerprint density at radius 1 is 1.42 bits per heavy atom. The molecule has 1 saturated heterocycles. The van der Waals surface area contributed by atoms with Crippen LogP contribution in [0.2, 0.25) is 0 Å². The van der Waals surface area contributed by atoms with E-state index in [-0.39, 0.29) is 17.2 Å². The van der Waals surface area contributed by atoms with Crippen molar-refractivity contribution in [2.45, 2.75) is 32.6 Å². The lowest BCUT2D eigenvalue weighted by atomic mass is 9.82. The van der Waals surface area contributed by atoms with E-state index in [1.165, 1.54) is 12.8 Å². The van der Waals surface area contributed by atoms with Gasteiger partial charge in [0, 0.05) is 13.1 Å². The lowest BCUT2D eigenvalue weighted by molar-refractivity contribution is -0.122. The van der Waals surface area contributed by atoms with Gasteiger partial charge in [-0.1, -0.05) is 37.3 Å². The molecule has 2 N–H and O–H groups in total. The molecule has 104 valence electrons. The third-order valence-electron chi connectivity index (χ3n) is 4.07. The van der Waals surface area contributed by atoms with Crippen molar-refractivity contribution in [1.82, 2.24) is 10.6 Å². The first-order valence-corrected chi connectivity index (χ1v) is 7.14. The fraction of sp³-hybridized carbons (Fsp3) is 0.562. The lowest BCUT2D eigenvalue weighted by Crippen LogP contribution is -2.46. The van der Waals surface area contributed by atoms with E-state index in [9.17, 15) is 4.79 Å². The van der Waals surface area contributed by atoms with Crippen molar-refractivity contribution in [2.24, 2.45) is 5.41 Å². The highest BCUT2D eigenvalue weighted by molar-refractivity contribution is 5.83. The minimum Gasteiger partial charge on any atom is -0.355 e. The van der Waals surface area contributed by atoms with Gasteiger partial charge in [-0.25, -0.2) is 0 Å². The van der Waals surface area contributed by atoms with Crippen molar-refractivity contribution in [2.75, 3.05) is 19.6 Å². The summed E-state index contributed by atoms with van der Waals surface area (Å²) in [5, 5.41) is 6.52. The van der Waals surface area contributed by atoms with Crippen molar-refractivity contribution in [1.29, 1.82) is 0 Å². The second kappa shape index (κ2) is 6.20. The van der Waals surface area contributed by atoms with Gasteiger partial charge in [0.1, 0.15) is 0 Å². The van der Waals surface area contributed by atoms with E-state index in [0.717, 1.165) is 25.2 Å². The van der Waals surface area contributed by atoms with Gasteiger partial charge in [0.25, 0.3) is 0 Å². The summed E-state index contributed by atoms with van der Waals surface area (Å²) in [7, 11) is 0. The van der Waals surface area contributed by atoms with Crippen LogP contribution in [-0.2, 0) is 4.79 Å².